The number of anilines is 2. The van der Waals surface area contributed by atoms with E-state index in [1.807, 2.05) is 0 Å². The van der Waals surface area contributed by atoms with Gasteiger partial charge in [0.1, 0.15) is 12.0 Å². The molecule has 0 aliphatic heterocycles. The molecule has 0 aromatic carbocycles. The van der Waals surface area contributed by atoms with Gasteiger partial charge in [0.2, 0.25) is 0 Å². The van der Waals surface area contributed by atoms with Crippen molar-refractivity contribution in [3.8, 4) is 0 Å². The number of amides is 1. The normalized spacial score (nSPS) is 10.1. The number of carbonyl (C=O) groups excluding carboxylic acids is 1. The first-order chi connectivity index (χ1) is 8.81. The summed E-state index contributed by atoms with van der Waals surface area (Å²) < 4.78 is 4.65. The summed E-state index contributed by atoms with van der Waals surface area (Å²) in [6.45, 7) is 2.86. The minimum atomic E-state index is -0.245. The van der Waals surface area contributed by atoms with Crippen molar-refractivity contribution in [2.75, 3.05) is 17.2 Å². The summed E-state index contributed by atoms with van der Waals surface area (Å²) in [6.07, 6.45) is 6.96. The van der Waals surface area contributed by atoms with Crippen molar-refractivity contribution in [3.63, 3.8) is 0 Å². The monoisotopic (exact) mass is 246 g/mol. The second-order valence-electron chi connectivity index (χ2n) is 3.72. The summed E-state index contributed by atoms with van der Waals surface area (Å²) in [5, 5.41) is 9.38. The zero-order valence-corrected chi connectivity index (χ0v) is 10.0. The second kappa shape index (κ2) is 5.81. The molecule has 0 aliphatic carbocycles. The largest absolute Gasteiger partial charge is 0.384 e. The third-order valence-corrected chi connectivity index (χ3v) is 2.32. The molecule has 0 bridgehead atoms. The first-order valence-corrected chi connectivity index (χ1v) is 5.70. The first-order valence-electron chi connectivity index (χ1n) is 5.70. The lowest BCUT2D eigenvalue weighted by molar-refractivity contribution is 0.102. The smallest absolute Gasteiger partial charge is 0.259 e. The molecule has 0 atom stereocenters. The molecular formula is C12H14N4O2. The van der Waals surface area contributed by atoms with Gasteiger partial charge >= 0.3 is 0 Å². The molecule has 0 unspecified atom stereocenters. The standard InChI is InChI=1S/C12H14N4O2/c1-2-4-14-11-3-5-13-7-10(11)12(17)16-9-6-15-18-8-9/h3,5-8H,2,4H2,1H3,(H,13,14)(H,16,17). The van der Waals surface area contributed by atoms with Crippen LogP contribution in [-0.2, 0) is 0 Å². The van der Waals surface area contributed by atoms with Crippen LogP contribution in [-0.4, -0.2) is 22.6 Å². The molecule has 2 heterocycles. The quantitative estimate of drug-likeness (QED) is 0.844. The molecule has 6 heteroatoms. The highest BCUT2D eigenvalue weighted by molar-refractivity contribution is 6.07. The third-order valence-electron chi connectivity index (χ3n) is 2.32. The topological polar surface area (TPSA) is 80.0 Å². The van der Waals surface area contributed by atoms with Crippen LogP contribution in [0, 0.1) is 0 Å². The summed E-state index contributed by atoms with van der Waals surface area (Å²) >= 11 is 0. The van der Waals surface area contributed by atoms with E-state index < -0.39 is 0 Å². The van der Waals surface area contributed by atoms with Gasteiger partial charge in [0.05, 0.1) is 17.4 Å². The van der Waals surface area contributed by atoms with Crippen LogP contribution in [0.3, 0.4) is 0 Å². The van der Waals surface area contributed by atoms with Gasteiger partial charge in [-0.2, -0.15) is 0 Å². The van der Waals surface area contributed by atoms with Crippen molar-refractivity contribution < 1.29 is 9.32 Å². The Bertz CT molecular complexity index is 511. The molecule has 18 heavy (non-hydrogen) atoms. The highest BCUT2D eigenvalue weighted by atomic mass is 16.5. The average Bonchev–Trinajstić information content (AvgIpc) is 2.89. The summed E-state index contributed by atoms with van der Waals surface area (Å²) in [4.78, 5) is 16.0. The van der Waals surface area contributed by atoms with Gasteiger partial charge in [-0.25, -0.2) is 0 Å². The van der Waals surface area contributed by atoms with E-state index in [0.29, 0.717) is 11.3 Å². The fraction of sp³-hybridized carbons (Fsp3) is 0.250. The van der Waals surface area contributed by atoms with Gasteiger partial charge in [-0.05, 0) is 12.5 Å². The van der Waals surface area contributed by atoms with E-state index in [-0.39, 0.29) is 5.91 Å². The van der Waals surface area contributed by atoms with E-state index in [0.717, 1.165) is 18.7 Å². The minimum absolute atomic E-state index is 0.245. The number of pyridine rings is 1. The molecule has 0 spiro atoms. The van der Waals surface area contributed by atoms with Gasteiger partial charge in [0.25, 0.3) is 5.91 Å². The Hall–Kier alpha value is -2.37. The van der Waals surface area contributed by atoms with Gasteiger partial charge in [-0.15, -0.1) is 0 Å². The maximum Gasteiger partial charge on any atom is 0.259 e. The summed E-state index contributed by atoms with van der Waals surface area (Å²) in [6, 6.07) is 1.78. The Kier molecular flexibility index (Phi) is 3.90. The van der Waals surface area contributed by atoms with Crippen molar-refractivity contribution in [2.24, 2.45) is 0 Å². The van der Waals surface area contributed by atoms with Gasteiger partial charge in [0.15, 0.2) is 0 Å². The number of nitrogens with one attached hydrogen (secondary N) is 2. The van der Waals surface area contributed by atoms with Crippen molar-refractivity contribution in [2.45, 2.75) is 13.3 Å². The number of nitrogens with zero attached hydrogens (tertiary/aromatic N) is 2. The Labute approximate surface area is 104 Å². The highest BCUT2D eigenvalue weighted by Gasteiger charge is 2.12. The van der Waals surface area contributed by atoms with Crippen molar-refractivity contribution >= 4 is 17.3 Å². The number of aromatic nitrogens is 2. The molecule has 0 saturated carbocycles. The number of rotatable bonds is 5. The van der Waals surface area contributed by atoms with E-state index in [1.54, 1.807) is 12.3 Å². The number of hydrogen-bond acceptors (Lipinski definition) is 5. The summed E-state index contributed by atoms with van der Waals surface area (Å²) in [7, 11) is 0. The molecule has 0 aliphatic rings. The van der Waals surface area contributed by atoms with Crippen LogP contribution in [0.25, 0.3) is 0 Å². The lowest BCUT2D eigenvalue weighted by Gasteiger charge is -2.09. The van der Waals surface area contributed by atoms with Crippen molar-refractivity contribution in [1.29, 1.82) is 0 Å². The molecule has 6 nitrogen and oxygen atoms in total. The Morgan fingerprint density at radius 2 is 2.33 bits per heavy atom. The van der Waals surface area contributed by atoms with Crippen LogP contribution in [0.4, 0.5) is 11.4 Å². The number of carbonyl (C=O) groups is 1. The van der Waals surface area contributed by atoms with Gasteiger partial charge in [-0.1, -0.05) is 12.1 Å². The predicted molar refractivity (Wildman–Crippen MR) is 67.5 cm³/mol. The van der Waals surface area contributed by atoms with E-state index in [4.69, 9.17) is 0 Å². The molecule has 0 radical (unpaired) electrons. The lowest BCUT2D eigenvalue weighted by atomic mass is 10.2. The average molecular weight is 246 g/mol. The Balaban J connectivity index is 2.13. The predicted octanol–water partition coefficient (Wildman–Crippen LogP) is 2.14. The first kappa shape index (κ1) is 12.1. The van der Waals surface area contributed by atoms with Gasteiger partial charge < -0.3 is 15.2 Å². The fourth-order valence-corrected chi connectivity index (χ4v) is 1.45. The molecule has 2 rings (SSSR count). The molecule has 1 amide bonds. The molecule has 94 valence electrons. The Morgan fingerprint density at radius 3 is 3.06 bits per heavy atom. The van der Waals surface area contributed by atoms with E-state index in [2.05, 4.69) is 32.2 Å². The van der Waals surface area contributed by atoms with Crippen LogP contribution in [0.15, 0.2) is 35.4 Å². The Morgan fingerprint density at radius 1 is 1.44 bits per heavy atom. The van der Waals surface area contributed by atoms with Gasteiger partial charge in [-0.3, -0.25) is 9.78 Å². The fourth-order valence-electron chi connectivity index (χ4n) is 1.45. The molecule has 2 aromatic heterocycles. The molecule has 2 N–H and O–H groups in total. The highest BCUT2D eigenvalue weighted by Crippen LogP contribution is 2.15. The van der Waals surface area contributed by atoms with Crippen LogP contribution in [0.1, 0.15) is 23.7 Å². The van der Waals surface area contributed by atoms with Crippen LogP contribution >= 0.6 is 0 Å². The zero-order valence-electron chi connectivity index (χ0n) is 10.0. The van der Waals surface area contributed by atoms with E-state index in [1.165, 1.54) is 18.7 Å². The van der Waals surface area contributed by atoms with Crippen molar-refractivity contribution in [3.05, 3.63) is 36.5 Å². The second-order valence-corrected chi connectivity index (χ2v) is 3.72. The van der Waals surface area contributed by atoms with E-state index >= 15 is 0 Å². The van der Waals surface area contributed by atoms with Crippen LogP contribution in [0.2, 0.25) is 0 Å². The minimum Gasteiger partial charge on any atom is -0.384 e. The molecule has 0 saturated heterocycles. The van der Waals surface area contributed by atoms with Crippen LogP contribution in [0.5, 0.6) is 0 Å². The van der Waals surface area contributed by atoms with Crippen LogP contribution < -0.4 is 10.6 Å². The lowest BCUT2D eigenvalue weighted by Crippen LogP contribution is -2.15. The zero-order chi connectivity index (χ0) is 12.8. The SMILES string of the molecule is CCCNc1ccncc1C(=O)Nc1cnoc1. The van der Waals surface area contributed by atoms with E-state index in [9.17, 15) is 4.79 Å². The van der Waals surface area contributed by atoms with Crippen molar-refractivity contribution in [1.82, 2.24) is 10.1 Å². The van der Waals surface area contributed by atoms with Gasteiger partial charge in [0, 0.05) is 18.9 Å². The summed E-state index contributed by atoms with van der Waals surface area (Å²) in [5.41, 5.74) is 1.78. The molecule has 2 aromatic rings. The molecule has 0 fully saturated rings. The summed E-state index contributed by atoms with van der Waals surface area (Å²) in [5.74, 6) is -0.245. The number of hydrogen-bond donors (Lipinski definition) is 2. The molecular weight excluding hydrogens is 232 g/mol. The maximum atomic E-state index is 12.0. The third kappa shape index (κ3) is 2.85. The maximum absolute atomic E-state index is 12.0.